The number of aryl methyl sites for hydroxylation is 2. The summed E-state index contributed by atoms with van der Waals surface area (Å²) < 4.78 is 6.99. The van der Waals surface area contributed by atoms with Gasteiger partial charge in [-0.3, -0.25) is 4.79 Å². The molecule has 0 N–H and O–H groups in total. The highest BCUT2D eigenvalue weighted by atomic mass is 32.1. The first-order chi connectivity index (χ1) is 12.2. The van der Waals surface area contributed by atoms with Crippen molar-refractivity contribution < 1.29 is 9.32 Å². The second-order valence-corrected chi connectivity index (χ2v) is 7.00. The second-order valence-electron chi connectivity index (χ2n) is 6.08. The first kappa shape index (κ1) is 15.9. The number of carbonyl (C=O) groups is 1. The molecule has 0 saturated carbocycles. The van der Waals surface area contributed by atoms with Gasteiger partial charge in [0.25, 0.3) is 11.8 Å². The van der Waals surface area contributed by atoms with Gasteiger partial charge in [-0.05, 0) is 30.4 Å². The summed E-state index contributed by atoms with van der Waals surface area (Å²) in [5, 5.41) is 14.1. The molecule has 0 aromatic carbocycles. The van der Waals surface area contributed by atoms with Gasteiger partial charge in [-0.2, -0.15) is 4.98 Å². The van der Waals surface area contributed by atoms with Crippen molar-refractivity contribution in [2.24, 2.45) is 0 Å². The average Bonchev–Trinajstić information content (AvgIpc) is 3.37. The topological polar surface area (TPSA) is 89.9 Å². The van der Waals surface area contributed by atoms with Gasteiger partial charge in [-0.15, -0.1) is 16.4 Å². The quantitative estimate of drug-likeness (QED) is 0.711. The third kappa shape index (κ3) is 2.95. The maximum atomic E-state index is 12.6. The van der Waals surface area contributed by atoms with E-state index >= 15 is 0 Å². The van der Waals surface area contributed by atoms with Crippen LogP contribution in [0, 0.1) is 6.92 Å². The van der Waals surface area contributed by atoms with Crippen molar-refractivity contribution in [2.45, 2.75) is 32.7 Å². The number of carbonyl (C=O) groups excluding carboxylic acids is 1. The van der Waals surface area contributed by atoms with Gasteiger partial charge in [0.15, 0.2) is 11.5 Å². The number of nitrogens with zero attached hydrogens (tertiary/aromatic N) is 6. The summed E-state index contributed by atoms with van der Waals surface area (Å²) in [6.45, 7) is 5.28. The van der Waals surface area contributed by atoms with Gasteiger partial charge < -0.3 is 9.42 Å². The van der Waals surface area contributed by atoms with E-state index in [1.165, 1.54) is 11.3 Å². The Kier molecular flexibility index (Phi) is 4.08. The summed E-state index contributed by atoms with van der Waals surface area (Å²) in [6, 6.07) is 2.09. The summed E-state index contributed by atoms with van der Waals surface area (Å²) in [5.41, 5.74) is 1.59. The summed E-state index contributed by atoms with van der Waals surface area (Å²) in [4.78, 5) is 19.6. The van der Waals surface area contributed by atoms with Crippen molar-refractivity contribution in [1.29, 1.82) is 0 Å². The van der Waals surface area contributed by atoms with Crippen molar-refractivity contribution in [1.82, 2.24) is 30.0 Å². The Hall–Kier alpha value is -2.55. The Morgan fingerprint density at radius 1 is 1.48 bits per heavy atom. The van der Waals surface area contributed by atoms with Crippen molar-refractivity contribution in [3.8, 4) is 11.6 Å². The van der Waals surface area contributed by atoms with E-state index in [0.717, 1.165) is 23.4 Å². The lowest BCUT2D eigenvalue weighted by Gasteiger charge is -2.16. The van der Waals surface area contributed by atoms with Crippen molar-refractivity contribution in [2.75, 3.05) is 13.1 Å². The van der Waals surface area contributed by atoms with E-state index in [1.807, 2.05) is 36.4 Å². The number of likely N-dealkylation sites (tertiary alicyclic amines) is 1. The zero-order chi connectivity index (χ0) is 17.4. The summed E-state index contributed by atoms with van der Waals surface area (Å²) in [7, 11) is 0. The van der Waals surface area contributed by atoms with E-state index in [9.17, 15) is 4.79 Å². The largest absolute Gasteiger partial charge is 0.336 e. The smallest absolute Gasteiger partial charge is 0.280 e. The van der Waals surface area contributed by atoms with Crippen molar-refractivity contribution in [3.63, 3.8) is 0 Å². The van der Waals surface area contributed by atoms with Gasteiger partial charge in [0.1, 0.15) is 0 Å². The van der Waals surface area contributed by atoms with E-state index in [-0.39, 0.29) is 11.9 Å². The molecule has 4 heterocycles. The first-order valence-electron chi connectivity index (χ1n) is 8.24. The molecular weight excluding hydrogens is 340 g/mol. The molecule has 1 aliphatic rings. The van der Waals surface area contributed by atoms with Gasteiger partial charge in [-0.1, -0.05) is 17.3 Å². The summed E-state index contributed by atoms with van der Waals surface area (Å²) in [5.74, 6) is 1.12. The molecule has 1 fully saturated rings. The van der Waals surface area contributed by atoms with Crippen molar-refractivity contribution in [3.05, 3.63) is 33.9 Å². The zero-order valence-corrected chi connectivity index (χ0v) is 14.9. The first-order valence-corrected chi connectivity index (χ1v) is 9.12. The monoisotopic (exact) mass is 358 g/mol. The predicted molar refractivity (Wildman–Crippen MR) is 91.3 cm³/mol. The maximum Gasteiger partial charge on any atom is 0.280 e. The molecule has 1 saturated heterocycles. The normalized spacial score (nSPS) is 17.4. The van der Waals surface area contributed by atoms with Crippen LogP contribution in [0.15, 0.2) is 22.2 Å². The minimum absolute atomic E-state index is 0.0971. The SMILES string of the molecule is CCc1noc(-c2cn([C@H]3CCN(C(=O)c4sccc4C)C3)nn2)n1. The van der Waals surface area contributed by atoms with Crippen LogP contribution >= 0.6 is 11.3 Å². The molecule has 0 unspecified atom stereocenters. The lowest BCUT2D eigenvalue weighted by molar-refractivity contribution is 0.0791. The van der Waals surface area contributed by atoms with Crippen LogP contribution < -0.4 is 0 Å². The van der Waals surface area contributed by atoms with E-state index < -0.39 is 0 Å². The molecule has 1 atom stereocenters. The fourth-order valence-corrected chi connectivity index (χ4v) is 3.82. The lowest BCUT2D eigenvalue weighted by Crippen LogP contribution is -2.29. The fourth-order valence-electron chi connectivity index (χ4n) is 2.93. The van der Waals surface area contributed by atoms with Crippen LogP contribution in [0.2, 0.25) is 0 Å². The molecule has 3 aromatic rings. The molecule has 3 aromatic heterocycles. The predicted octanol–water partition coefficient (Wildman–Crippen LogP) is 2.35. The van der Waals surface area contributed by atoms with E-state index in [0.29, 0.717) is 30.4 Å². The molecule has 4 rings (SSSR count). The van der Waals surface area contributed by atoms with Gasteiger partial charge in [0.05, 0.1) is 17.1 Å². The number of hydrogen-bond donors (Lipinski definition) is 0. The van der Waals surface area contributed by atoms with Crippen LogP contribution in [0.1, 0.15) is 40.4 Å². The Balaban J connectivity index is 1.47. The highest BCUT2D eigenvalue weighted by Gasteiger charge is 2.30. The molecule has 8 nitrogen and oxygen atoms in total. The molecule has 0 spiro atoms. The Bertz CT molecular complexity index is 898. The van der Waals surface area contributed by atoms with E-state index in [1.54, 1.807) is 4.68 Å². The van der Waals surface area contributed by atoms with E-state index in [4.69, 9.17) is 4.52 Å². The number of hydrogen-bond acceptors (Lipinski definition) is 7. The van der Waals surface area contributed by atoms with Gasteiger partial charge in [-0.25, -0.2) is 4.68 Å². The van der Waals surface area contributed by atoms with E-state index in [2.05, 4.69) is 20.5 Å². The molecule has 1 amide bonds. The molecule has 0 bridgehead atoms. The second kappa shape index (κ2) is 6.40. The highest BCUT2D eigenvalue weighted by Crippen LogP contribution is 2.26. The maximum absolute atomic E-state index is 12.6. The third-order valence-corrected chi connectivity index (χ3v) is 5.40. The van der Waals surface area contributed by atoms with Gasteiger partial charge >= 0.3 is 0 Å². The van der Waals surface area contributed by atoms with Crippen molar-refractivity contribution >= 4 is 17.2 Å². The molecule has 0 radical (unpaired) electrons. The van der Waals surface area contributed by atoms with Crippen LogP contribution in [0.25, 0.3) is 11.6 Å². The molecular formula is C16H18N6O2S. The Labute approximate surface area is 148 Å². The van der Waals surface area contributed by atoms with Crippen LogP contribution in [-0.4, -0.2) is 49.0 Å². The number of aromatic nitrogens is 5. The number of rotatable bonds is 4. The fraction of sp³-hybridized carbons (Fsp3) is 0.438. The summed E-state index contributed by atoms with van der Waals surface area (Å²) in [6.07, 6.45) is 3.37. The number of thiophene rings is 1. The minimum atomic E-state index is 0.0971. The molecule has 1 aliphatic heterocycles. The van der Waals surface area contributed by atoms with Crippen LogP contribution in [0.5, 0.6) is 0 Å². The highest BCUT2D eigenvalue weighted by molar-refractivity contribution is 7.12. The molecule has 130 valence electrons. The summed E-state index contributed by atoms with van der Waals surface area (Å²) >= 11 is 1.49. The van der Waals surface area contributed by atoms with Gasteiger partial charge in [0.2, 0.25) is 0 Å². The Morgan fingerprint density at radius 2 is 2.36 bits per heavy atom. The van der Waals surface area contributed by atoms with Gasteiger partial charge in [0, 0.05) is 19.5 Å². The molecule has 0 aliphatic carbocycles. The minimum Gasteiger partial charge on any atom is -0.336 e. The molecule has 25 heavy (non-hydrogen) atoms. The lowest BCUT2D eigenvalue weighted by atomic mass is 10.2. The molecule has 9 heteroatoms. The Morgan fingerprint density at radius 3 is 3.08 bits per heavy atom. The number of amides is 1. The van der Waals surface area contributed by atoms with Crippen LogP contribution in [-0.2, 0) is 6.42 Å². The average molecular weight is 358 g/mol. The van der Waals surface area contributed by atoms with Crippen LogP contribution in [0.3, 0.4) is 0 Å². The third-order valence-electron chi connectivity index (χ3n) is 4.39. The standard InChI is InChI=1S/C16H18N6O2S/c1-3-13-17-15(24-19-13)12-9-22(20-18-12)11-4-6-21(8-11)16(23)14-10(2)5-7-25-14/h5,7,9,11H,3-4,6,8H2,1-2H3/t11-/m0/s1. The van der Waals surface area contributed by atoms with Crippen LogP contribution in [0.4, 0.5) is 0 Å². The zero-order valence-electron chi connectivity index (χ0n) is 14.0.